The van der Waals surface area contributed by atoms with Crippen LogP contribution >= 0.6 is 0 Å². The molecule has 0 heterocycles. The van der Waals surface area contributed by atoms with E-state index >= 15 is 0 Å². The van der Waals surface area contributed by atoms with Crippen LogP contribution in [0.3, 0.4) is 0 Å². The molecule has 0 saturated heterocycles. The number of nitrogens with one attached hydrogen (secondary N) is 3. The normalized spacial score (nSPS) is 15.0. The van der Waals surface area contributed by atoms with Gasteiger partial charge in [0.05, 0.1) is 12.6 Å². The molecule has 0 radical (unpaired) electrons. The van der Waals surface area contributed by atoms with E-state index < -0.39 is 66.9 Å². The highest BCUT2D eigenvalue weighted by atomic mass is 16.4. The lowest BCUT2D eigenvalue weighted by atomic mass is 10.00. The minimum absolute atomic E-state index is 0.165. The number of hydrogen-bond acceptors (Lipinski definition) is 7. The third kappa shape index (κ3) is 10.7. The number of rotatable bonds is 14. The van der Waals surface area contributed by atoms with E-state index in [9.17, 15) is 29.1 Å². The molecule has 0 aliphatic rings. The molecule has 12 heteroatoms. The summed E-state index contributed by atoms with van der Waals surface area (Å²) in [5.74, 6) is -5.20. The molecule has 31 heavy (non-hydrogen) atoms. The first-order valence-corrected chi connectivity index (χ1v) is 10.0. The fourth-order valence-corrected chi connectivity index (χ4v) is 2.66. The maximum absolute atomic E-state index is 12.6. The summed E-state index contributed by atoms with van der Waals surface area (Å²) in [6.45, 7) is 6.28. The maximum atomic E-state index is 12.6. The van der Waals surface area contributed by atoms with Crippen LogP contribution < -0.4 is 21.7 Å². The van der Waals surface area contributed by atoms with Crippen molar-refractivity contribution in [2.24, 2.45) is 17.6 Å². The van der Waals surface area contributed by atoms with Crippen LogP contribution in [0.4, 0.5) is 0 Å². The topological polar surface area (TPSA) is 208 Å². The number of amides is 3. The van der Waals surface area contributed by atoms with Crippen molar-refractivity contribution < 1.29 is 39.3 Å². The number of aliphatic hydroxyl groups excluding tert-OH is 1. The summed E-state index contributed by atoms with van der Waals surface area (Å²) in [6, 6.07) is -4.88. The van der Waals surface area contributed by atoms with Crippen LogP contribution in [0.2, 0.25) is 0 Å². The van der Waals surface area contributed by atoms with Crippen molar-refractivity contribution in [3.05, 3.63) is 0 Å². The van der Waals surface area contributed by atoms with Crippen LogP contribution in [0.1, 0.15) is 47.0 Å². The minimum atomic E-state index is -1.51. The SMILES string of the molecule is CC(C)CC(N)C(=O)NC(C(=O)NC(CO)C(=O)NC(CCC(=O)O)C(=O)O)C(C)C. The second kappa shape index (κ2) is 13.5. The molecule has 0 spiro atoms. The van der Waals surface area contributed by atoms with E-state index in [1.807, 2.05) is 13.8 Å². The van der Waals surface area contributed by atoms with E-state index in [0.717, 1.165) is 0 Å². The second-order valence-corrected chi connectivity index (χ2v) is 8.04. The van der Waals surface area contributed by atoms with Crippen LogP contribution in [0.5, 0.6) is 0 Å². The molecule has 0 aromatic rings. The molecule has 4 atom stereocenters. The zero-order valence-corrected chi connectivity index (χ0v) is 18.3. The van der Waals surface area contributed by atoms with Gasteiger partial charge in [-0.1, -0.05) is 27.7 Å². The first kappa shape index (κ1) is 28.3. The Morgan fingerprint density at radius 2 is 1.39 bits per heavy atom. The summed E-state index contributed by atoms with van der Waals surface area (Å²) in [5.41, 5.74) is 5.83. The number of aliphatic carboxylic acids is 2. The summed E-state index contributed by atoms with van der Waals surface area (Å²) in [4.78, 5) is 59.1. The number of hydrogen-bond donors (Lipinski definition) is 7. The standard InChI is InChI=1S/C19H34N4O8/c1-9(2)7-11(20)16(27)23-15(10(3)4)18(29)22-13(8-24)17(28)21-12(19(30)31)5-6-14(25)26/h9-13,15,24H,5-8,20H2,1-4H3,(H,21,28)(H,22,29)(H,23,27)(H,25,26)(H,30,31). The molecule has 0 aromatic carbocycles. The largest absolute Gasteiger partial charge is 0.481 e. The number of carbonyl (C=O) groups is 5. The molecule has 8 N–H and O–H groups in total. The Labute approximate surface area is 180 Å². The Balaban J connectivity index is 5.15. The summed E-state index contributed by atoms with van der Waals surface area (Å²) >= 11 is 0. The van der Waals surface area contributed by atoms with Gasteiger partial charge in [0.25, 0.3) is 0 Å². The number of carboxylic acids is 2. The van der Waals surface area contributed by atoms with E-state index in [2.05, 4.69) is 16.0 Å². The maximum Gasteiger partial charge on any atom is 0.326 e. The fourth-order valence-electron chi connectivity index (χ4n) is 2.66. The summed E-state index contributed by atoms with van der Waals surface area (Å²) < 4.78 is 0. The monoisotopic (exact) mass is 446 g/mol. The summed E-state index contributed by atoms with van der Waals surface area (Å²) in [5, 5.41) is 34.2. The lowest BCUT2D eigenvalue weighted by molar-refractivity contribution is -0.143. The molecule has 0 aliphatic heterocycles. The zero-order valence-electron chi connectivity index (χ0n) is 18.3. The second-order valence-electron chi connectivity index (χ2n) is 8.04. The van der Waals surface area contributed by atoms with Crippen LogP contribution in [0.25, 0.3) is 0 Å². The van der Waals surface area contributed by atoms with Gasteiger partial charge in [0, 0.05) is 6.42 Å². The molecule has 0 saturated carbocycles. The number of nitrogens with two attached hydrogens (primary N) is 1. The molecular formula is C19H34N4O8. The van der Waals surface area contributed by atoms with Gasteiger partial charge >= 0.3 is 11.9 Å². The van der Waals surface area contributed by atoms with Gasteiger partial charge in [0.2, 0.25) is 17.7 Å². The average molecular weight is 447 g/mol. The third-order valence-electron chi connectivity index (χ3n) is 4.39. The molecular weight excluding hydrogens is 412 g/mol. The Bertz CT molecular complexity index is 653. The van der Waals surface area contributed by atoms with Crippen molar-refractivity contribution in [2.75, 3.05) is 6.61 Å². The molecule has 0 fully saturated rings. The zero-order chi connectivity index (χ0) is 24.3. The summed E-state index contributed by atoms with van der Waals surface area (Å²) in [7, 11) is 0. The van der Waals surface area contributed by atoms with Crippen LogP contribution in [0.15, 0.2) is 0 Å². The predicted molar refractivity (Wildman–Crippen MR) is 110 cm³/mol. The van der Waals surface area contributed by atoms with Gasteiger partial charge in [-0.15, -0.1) is 0 Å². The molecule has 0 aliphatic carbocycles. The van der Waals surface area contributed by atoms with Crippen molar-refractivity contribution >= 4 is 29.7 Å². The lowest BCUT2D eigenvalue weighted by Gasteiger charge is -2.26. The molecule has 0 rings (SSSR count). The van der Waals surface area contributed by atoms with Crippen molar-refractivity contribution in [3.8, 4) is 0 Å². The van der Waals surface area contributed by atoms with Gasteiger partial charge in [0.1, 0.15) is 18.1 Å². The Morgan fingerprint density at radius 3 is 1.81 bits per heavy atom. The predicted octanol–water partition coefficient (Wildman–Crippen LogP) is -1.59. The van der Waals surface area contributed by atoms with Gasteiger partial charge < -0.3 is 37.0 Å². The highest BCUT2D eigenvalue weighted by molar-refractivity contribution is 5.94. The van der Waals surface area contributed by atoms with Crippen LogP contribution in [0, 0.1) is 11.8 Å². The molecule has 4 unspecified atom stereocenters. The van der Waals surface area contributed by atoms with Crippen molar-refractivity contribution in [1.29, 1.82) is 0 Å². The molecule has 178 valence electrons. The van der Waals surface area contributed by atoms with E-state index in [-0.39, 0.29) is 18.3 Å². The quantitative estimate of drug-likeness (QED) is 0.164. The van der Waals surface area contributed by atoms with Gasteiger partial charge in [-0.05, 0) is 24.7 Å². The average Bonchev–Trinajstić information content (AvgIpc) is 2.65. The third-order valence-corrected chi connectivity index (χ3v) is 4.39. The van der Waals surface area contributed by atoms with E-state index in [1.165, 1.54) is 0 Å². The van der Waals surface area contributed by atoms with E-state index in [0.29, 0.717) is 6.42 Å². The van der Waals surface area contributed by atoms with Gasteiger partial charge in [-0.25, -0.2) is 4.79 Å². The minimum Gasteiger partial charge on any atom is -0.481 e. The summed E-state index contributed by atoms with van der Waals surface area (Å²) in [6.07, 6.45) is -0.459. The Hall–Kier alpha value is -2.73. The number of carbonyl (C=O) groups excluding carboxylic acids is 3. The Kier molecular flexibility index (Phi) is 12.4. The van der Waals surface area contributed by atoms with Gasteiger partial charge in [-0.2, -0.15) is 0 Å². The molecule has 0 bridgehead atoms. The fraction of sp³-hybridized carbons (Fsp3) is 0.737. The van der Waals surface area contributed by atoms with E-state index in [4.69, 9.17) is 15.9 Å². The van der Waals surface area contributed by atoms with Gasteiger partial charge in [0.15, 0.2) is 0 Å². The first-order chi connectivity index (χ1) is 14.3. The number of aliphatic hydroxyl groups is 1. The van der Waals surface area contributed by atoms with Gasteiger partial charge in [-0.3, -0.25) is 19.2 Å². The highest BCUT2D eigenvalue weighted by Crippen LogP contribution is 2.07. The molecule has 3 amide bonds. The number of carboxylic acid groups (broad SMARTS) is 2. The lowest BCUT2D eigenvalue weighted by Crippen LogP contribution is -2.59. The van der Waals surface area contributed by atoms with E-state index in [1.54, 1.807) is 13.8 Å². The van der Waals surface area contributed by atoms with Crippen molar-refractivity contribution in [2.45, 2.75) is 71.1 Å². The molecule has 0 aromatic heterocycles. The smallest absolute Gasteiger partial charge is 0.326 e. The first-order valence-electron chi connectivity index (χ1n) is 10.0. The Morgan fingerprint density at radius 1 is 0.839 bits per heavy atom. The van der Waals surface area contributed by atoms with Crippen LogP contribution in [-0.2, 0) is 24.0 Å². The highest BCUT2D eigenvalue weighted by Gasteiger charge is 2.31. The van der Waals surface area contributed by atoms with Crippen LogP contribution in [-0.4, -0.2) is 75.8 Å². The van der Waals surface area contributed by atoms with Crippen molar-refractivity contribution in [3.63, 3.8) is 0 Å². The molecule has 12 nitrogen and oxygen atoms in total. The van der Waals surface area contributed by atoms with Crippen molar-refractivity contribution in [1.82, 2.24) is 16.0 Å².